The van der Waals surface area contributed by atoms with Crippen molar-refractivity contribution in [1.29, 1.82) is 0 Å². The number of rotatable bonds is 6. The van der Waals surface area contributed by atoms with Gasteiger partial charge in [-0.05, 0) is 49.1 Å². The van der Waals surface area contributed by atoms with Crippen LogP contribution in [0.3, 0.4) is 0 Å². The molecule has 1 aliphatic heterocycles. The summed E-state index contributed by atoms with van der Waals surface area (Å²) < 4.78 is 0. The van der Waals surface area contributed by atoms with Gasteiger partial charge in [0.2, 0.25) is 5.91 Å². The lowest BCUT2D eigenvalue weighted by Crippen LogP contribution is -2.19. The van der Waals surface area contributed by atoms with Crippen molar-refractivity contribution in [2.45, 2.75) is 25.7 Å². The van der Waals surface area contributed by atoms with Crippen LogP contribution < -0.4 is 10.2 Å². The van der Waals surface area contributed by atoms with Crippen LogP contribution >= 0.6 is 0 Å². The Balaban J connectivity index is 1.33. The van der Waals surface area contributed by atoms with E-state index in [1.807, 2.05) is 66.7 Å². The number of anilines is 2. The van der Waals surface area contributed by atoms with E-state index in [9.17, 15) is 4.79 Å². The quantitative estimate of drug-likeness (QED) is 0.700. The monoisotopic (exact) mass is 372 g/mol. The van der Waals surface area contributed by atoms with E-state index < -0.39 is 0 Å². The van der Waals surface area contributed by atoms with Crippen molar-refractivity contribution in [3.63, 3.8) is 0 Å². The van der Waals surface area contributed by atoms with Crippen LogP contribution in [0.1, 0.15) is 24.8 Å². The van der Waals surface area contributed by atoms with Gasteiger partial charge in [-0.1, -0.05) is 42.5 Å². The van der Waals surface area contributed by atoms with Crippen LogP contribution in [0.5, 0.6) is 0 Å². The van der Waals surface area contributed by atoms with E-state index in [0.717, 1.165) is 42.3 Å². The van der Waals surface area contributed by atoms with Gasteiger partial charge in [0.1, 0.15) is 0 Å². The van der Waals surface area contributed by atoms with Crippen molar-refractivity contribution in [3.05, 3.63) is 72.3 Å². The number of benzene rings is 2. The van der Waals surface area contributed by atoms with Gasteiger partial charge in [0.15, 0.2) is 5.82 Å². The maximum atomic E-state index is 12.2. The highest BCUT2D eigenvalue weighted by atomic mass is 16.1. The van der Waals surface area contributed by atoms with Gasteiger partial charge in [0.25, 0.3) is 0 Å². The molecule has 5 nitrogen and oxygen atoms in total. The molecule has 5 heteroatoms. The Labute approximate surface area is 165 Å². The second-order valence-electron chi connectivity index (χ2n) is 7.08. The average Bonchev–Trinajstić information content (AvgIpc) is 3.29. The fourth-order valence-corrected chi connectivity index (χ4v) is 3.44. The standard InChI is InChI=1S/C23H24N4O/c28-23(15-8-18-6-2-1-3-7-18)24-20-11-9-19(10-12-20)21-13-14-22(26-25-21)27-16-4-5-17-27/h1-3,6-7,9-14H,4-5,8,15-17H2,(H,24,28). The molecule has 1 fully saturated rings. The van der Waals surface area contributed by atoms with Crippen molar-refractivity contribution < 1.29 is 4.79 Å². The van der Waals surface area contributed by atoms with Gasteiger partial charge in [-0.25, -0.2) is 0 Å². The molecule has 0 bridgehead atoms. The number of aromatic nitrogens is 2. The van der Waals surface area contributed by atoms with E-state index in [4.69, 9.17) is 0 Å². The summed E-state index contributed by atoms with van der Waals surface area (Å²) in [7, 11) is 0. The van der Waals surface area contributed by atoms with Crippen LogP contribution in [0.2, 0.25) is 0 Å². The molecule has 2 aromatic carbocycles. The number of carbonyl (C=O) groups is 1. The SMILES string of the molecule is O=C(CCc1ccccc1)Nc1ccc(-c2ccc(N3CCCC3)nn2)cc1. The third kappa shape index (κ3) is 4.55. The molecule has 28 heavy (non-hydrogen) atoms. The van der Waals surface area contributed by atoms with Gasteiger partial charge < -0.3 is 10.2 Å². The molecule has 3 aromatic rings. The van der Waals surface area contributed by atoms with Gasteiger partial charge in [-0.2, -0.15) is 0 Å². The van der Waals surface area contributed by atoms with Crippen molar-refractivity contribution in [3.8, 4) is 11.3 Å². The summed E-state index contributed by atoms with van der Waals surface area (Å²) in [6, 6.07) is 21.8. The molecule has 1 aliphatic rings. The maximum Gasteiger partial charge on any atom is 0.224 e. The largest absolute Gasteiger partial charge is 0.355 e. The Hall–Kier alpha value is -3.21. The van der Waals surface area contributed by atoms with Crippen molar-refractivity contribution >= 4 is 17.4 Å². The van der Waals surface area contributed by atoms with E-state index >= 15 is 0 Å². The summed E-state index contributed by atoms with van der Waals surface area (Å²) in [5.41, 5.74) is 3.79. The van der Waals surface area contributed by atoms with E-state index in [1.54, 1.807) is 0 Å². The highest BCUT2D eigenvalue weighted by Gasteiger charge is 2.14. The van der Waals surface area contributed by atoms with Crippen molar-refractivity contribution in [2.24, 2.45) is 0 Å². The molecule has 142 valence electrons. The summed E-state index contributed by atoms with van der Waals surface area (Å²) in [4.78, 5) is 14.4. The zero-order valence-corrected chi connectivity index (χ0v) is 15.8. The number of carbonyl (C=O) groups excluding carboxylic acids is 1. The Morgan fingerprint density at radius 1 is 0.893 bits per heavy atom. The smallest absolute Gasteiger partial charge is 0.224 e. The van der Waals surface area contributed by atoms with Crippen molar-refractivity contribution in [1.82, 2.24) is 10.2 Å². The zero-order chi connectivity index (χ0) is 19.2. The van der Waals surface area contributed by atoms with Crippen LogP contribution in [0, 0.1) is 0 Å². The Morgan fingerprint density at radius 3 is 2.32 bits per heavy atom. The maximum absolute atomic E-state index is 12.2. The van der Waals surface area contributed by atoms with Gasteiger partial charge in [0, 0.05) is 30.8 Å². The van der Waals surface area contributed by atoms with Crippen LogP contribution in [0.4, 0.5) is 11.5 Å². The lowest BCUT2D eigenvalue weighted by Gasteiger charge is -2.15. The molecule has 1 N–H and O–H groups in total. The number of aryl methyl sites for hydroxylation is 1. The predicted octanol–water partition coefficient (Wildman–Crippen LogP) is 4.32. The van der Waals surface area contributed by atoms with E-state index in [2.05, 4.69) is 20.4 Å². The fraction of sp³-hybridized carbons (Fsp3) is 0.261. The third-order valence-electron chi connectivity index (χ3n) is 5.03. The number of hydrogen-bond acceptors (Lipinski definition) is 4. The molecule has 1 aromatic heterocycles. The summed E-state index contributed by atoms with van der Waals surface area (Å²) in [5, 5.41) is 11.7. The number of amides is 1. The fourth-order valence-electron chi connectivity index (χ4n) is 3.44. The molecule has 0 spiro atoms. The lowest BCUT2D eigenvalue weighted by molar-refractivity contribution is -0.116. The minimum absolute atomic E-state index is 0.0198. The first kappa shape index (κ1) is 18.2. The highest BCUT2D eigenvalue weighted by molar-refractivity contribution is 5.91. The molecular formula is C23H24N4O. The molecule has 1 saturated heterocycles. The second kappa shape index (κ2) is 8.65. The molecule has 0 unspecified atom stereocenters. The molecule has 1 amide bonds. The average molecular weight is 372 g/mol. The van der Waals surface area contributed by atoms with Gasteiger partial charge in [-0.15, -0.1) is 10.2 Å². The van der Waals surface area contributed by atoms with Crippen LogP contribution in [-0.4, -0.2) is 29.2 Å². The molecule has 0 atom stereocenters. The Bertz CT molecular complexity index is 902. The molecule has 4 rings (SSSR count). The van der Waals surface area contributed by atoms with Crippen LogP contribution in [0.25, 0.3) is 11.3 Å². The van der Waals surface area contributed by atoms with Gasteiger partial charge in [0.05, 0.1) is 5.69 Å². The molecule has 0 saturated carbocycles. The van der Waals surface area contributed by atoms with E-state index in [0.29, 0.717) is 6.42 Å². The molecule has 0 radical (unpaired) electrons. The summed E-state index contributed by atoms with van der Waals surface area (Å²) in [5.74, 6) is 0.968. The minimum Gasteiger partial charge on any atom is -0.355 e. The van der Waals surface area contributed by atoms with Crippen molar-refractivity contribution in [2.75, 3.05) is 23.3 Å². The first-order chi connectivity index (χ1) is 13.8. The molecule has 2 heterocycles. The molecule has 0 aliphatic carbocycles. The first-order valence-corrected chi connectivity index (χ1v) is 9.81. The minimum atomic E-state index is 0.0198. The normalized spacial score (nSPS) is 13.5. The number of nitrogens with one attached hydrogen (secondary N) is 1. The van der Waals surface area contributed by atoms with E-state index in [1.165, 1.54) is 18.4 Å². The molecular weight excluding hydrogens is 348 g/mol. The lowest BCUT2D eigenvalue weighted by atomic mass is 10.1. The van der Waals surface area contributed by atoms with Gasteiger partial charge in [-0.3, -0.25) is 4.79 Å². The predicted molar refractivity (Wildman–Crippen MR) is 112 cm³/mol. The first-order valence-electron chi connectivity index (χ1n) is 9.81. The third-order valence-corrected chi connectivity index (χ3v) is 5.03. The second-order valence-corrected chi connectivity index (χ2v) is 7.08. The number of hydrogen-bond donors (Lipinski definition) is 1. The van der Waals surface area contributed by atoms with Crippen LogP contribution in [0.15, 0.2) is 66.7 Å². The Morgan fingerprint density at radius 2 is 1.64 bits per heavy atom. The van der Waals surface area contributed by atoms with E-state index in [-0.39, 0.29) is 5.91 Å². The Kier molecular flexibility index (Phi) is 5.61. The zero-order valence-electron chi connectivity index (χ0n) is 15.8. The summed E-state index contributed by atoms with van der Waals surface area (Å²) >= 11 is 0. The van der Waals surface area contributed by atoms with Gasteiger partial charge >= 0.3 is 0 Å². The highest BCUT2D eigenvalue weighted by Crippen LogP contribution is 2.22. The topological polar surface area (TPSA) is 58.1 Å². The van der Waals surface area contributed by atoms with Crippen LogP contribution in [-0.2, 0) is 11.2 Å². The summed E-state index contributed by atoms with van der Waals surface area (Å²) in [6.45, 7) is 2.12. The summed E-state index contributed by atoms with van der Waals surface area (Å²) in [6.07, 6.45) is 3.66. The number of nitrogens with zero attached hydrogens (tertiary/aromatic N) is 3.